The van der Waals surface area contributed by atoms with Gasteiger partial charge in [-0.25, -0.2) is 4.79 Å². The van der Waals surface area contributed by atoms with Crippen molar-refractivity contribution in [2.75, 3.05) is 16.0 Å². The van der Waals surface area contributed by atoms with Crippen molar-refractivity contribution in [3.63, 3.8) is 0 Å². The lowest BCUT2D eigenvalue weighted by Crippen LogP contribution is -2.19. The molecule has 1 heterocycles. The van der Waals surface area contributed by atoms with Crippen LogP contribution in [0.2, 0.25) is 0 Å². The van der Waals surface area contributed by atoms with Crippen LogP contribution < -0.4 is 21.7 Å². The molecule has 50 heavy (non-hydrogen) atoms. The second-order valence-electron chi connectivity index (χ2n) is 10.1. The molecule has 0 saturated heterocycles. The highest BCUT2D eigenvalue weighted by Crippen LogP contribution is 2.37. The number of para-hydroxylation sites is 1. The normalized spacial score (nSPS) is 12.3. The first-order valence-electron chi connectivity index (χ1n) is 13.5. The summed E-state index contributed by atoms with van der Waals surface area (Å²) in [7, 11) is -15.4. The minimum atomic E-state index is -5.20. The van der Waals surface area contributed by atoms with Crippen LogP contribution in [0.3, 0.4) is 0 Å². The summed E-state index contributed by atoms with van der Waals surface area (Å²) >= 11 is 0. The Balaban J connectivity index is 1.60. The molecule has 23 heteroatoms. The molecule has 4 aromatic carbocycles. The van der Waals surface area contributed by atoms with Crippen molar-refractivity contribution in [3.8, 4) is 0 Å². The Labute approximate surface area is 281 Å². The molecule has 0 fully saturated rings. The van der Waals surface area contributed by atoms with Gasteiger partial charge >= 0.3 is 12.1 Å². The first-order valence-corrected chi connectivity index (χ1v) is 17.8. The first-order chi connectivity index (χ1) is 23.3. The molecule has 0 atom stereocenters. The number of nitrogens with one attached hydrogen (secondary N) is 3. The summed E-state index contributed by atoms with van der Waals surface area (Å²) in [5, 5.41) is 14.6. The number of halogens is 1. The Kier molecular flexibility index (Phi) is 9.46. The number of amides is 2. The predicted molar refractivity (Wildman–Crippen MR) is 175 cm³/mol. The average molecular weight is 748 g/mol. The quantitative estimate of drug-likeness (QED) is 0.0758. The maximum absolute atomic E-state index is 14.4. The van der Waals surface area contributed by atoms with Crippen LogP contribution in [0.1, 0.15) is 5.56 Å². The Hall–Kier alpha value is -5.72. The number of rotatable bonds is 10. The molecule has 0 aliphatic rings. The van der Waals surface area contributed by atoms with Gasteiger partial charge in [-0.1, -0.05) is 18.2 Å². The number of anilines is 5. The van der Waals surface area contributed by atoms with Crippen molar-refractivity contribution in [3.05, 3.63) is 78.4 Å². The van der Waals surface area contributed by atoms with Crippen molar-refractivity contribution < 1.29 is 48.1 Å². The molecule has 5 aromatic rings. The van der Waals surface area contributed by atoms with Crippen molar-refractivity contribution in [2.24, 2.45) is 16.0 Å². The van der Waals surface area contributed by atoms with E-state index in [4.69, 9.17) is 5.73 Å². The smallest absolute Gasteiger partial charge is 0.316 e. The molecule has 2 amide bonds. The number of hydrogen-bond donors (Lipinski definition) is 7. The molecular formula is C27H22FN9O10S3. The fourth-order valence-electron chi connectivity index (χ4n) is 4.43. The molecule has 0 unspecified atom stereocenters. The van der Waals surface area contributed by atoms with Crippen LogP contribution in [0, 0.1) is 13.0 Å². The molecule has 0 aliphatic heterocycles. The van der Waals surface area contributed by atoms with E-state index in [0.717, 1.165) is 11.6 Å². The summed E-state index contributed by atoms with van der Waals surface area (Å²) in [6.07, 6.45) is -1.15. The number of fused-ring (bicyclic) bond motifs is 1. The molecule has 0 saturated carbocycles. The SMILES string of the molecule is Cc1ccccc1Nc1nc(F)nc(Nc2ccc(NC(N)=O)c(N=Nc3cc4c(S(=O)(=O)O)cc(S(=O)(=O)O)cc4cc3S(=O)(=O)O)c2)n1. The number of primary amides is 1. The zero-order chi connectivity index (χ0) is 36.6. The number of hydrogen-bond acceptors (Lipinski definition) is 14. The Morgan fingerprint density at radius 1 is 0.740 bits per heavy atom. The third-order valence-corrected chi connectivity index (χ3v) is 9.21. The van der Waals surface area contributed by atoms with Crippen molar-refractivity contribution in [1.82, 2.24) is 15.0 Å². The van der Waals surface area contributed by atoms with E-state index in [1.807, 2.05) is 0 Å². The van der Waals surface area contributed by atoms with Crippen LogP contribution in [-0.4, -0.2) is 59.9 Å². The fraction of sp³-hybridized carbons (Fsp3) is 0.0370. The molecule has 0 radical (unpaired) electrons. The summed E-state index contributed by atoms with van der Waals surface area (Å²) in [4.78, 5) is 19.9. The second kappa shape index (κ2) is 13.3. The van der Waals surface area contributed by atoms with Gasteiger partial charge in [0.2, 0.25) is 11.9 Å². The fourth-order valence-corrected chi connectivity index (χ4v) is 6.42. The van der Waals surface area contributed by atoms with Crippen molar-refractivity contribution in [2.45, 2.75) is 21.6 Å². The monoisotopic (exact) mass is 747 g/mol. The zero-order valence-corrected chi connectivity index (χ0v) is 27.4. The highest BCUT2D eigenvalue weighted by molar-refractivity contribution is 7.87. The van der Waals surface area contributed by atoms with Crippen LogP contribution in [0.4, 0.5) is 49.5 Å². The number of aryl methyl sites for hydroxylation is 1. The van der Waals surface area contributed by atoms with Gasteiger partial charge in [0.05, 0.1) is 10.6 Å². The van der Waals surface area contributed by atoms with E-state index in [1.54, 1.807) is 31.2 Å². The molecule has 1 aromatic heterocycles. The Morgan fingerprint density at radius 2 is 1.38 bits per heavy atom. The number of aromatic nitrogens is 3. The largest absolute Gasteiger partial charge is 0.351 e. The van der Waals surface area contributed by atoms with Gasteiger partial charge in [0, 0.05) is 16.8 Å². The van der Waals surface area contributed by atoms with E-state index < -0.39 is 73.6 Å². The number of carbonyl (C=O) groups is 1. The molecule has 260 valence electrons. The van der Waals surface area contributed by atoms with E-state index in [0.29, 0.717) is 23.9 Å². The number of urea groups is 1. The lowest BCUT2D eigenvalue weighted by molar-refractivity contribution is 0.259. The van der Waals surface area contributed by atoms with Gasteiger partial charge in [-0.3, -0.25) is 13.7 Å². The number of azo groups is 1. The second-order valence-corrected chi connectivity index (χ2v) is 14.3. The van der Waals surface area contributed by atoms with E-state index in [-0.39, 0.29) is 29.0 Å². The van der Waals surface area contributed by atoms with E-state index >= 15 is 0 Å². The third kappa shape index (κ3) is 8.28. The van der Waals surface area contributed by atoms with Crippen LogP contribution in [0.15, 0.2) is 91.6 Å². The summed E-state index contributed by atoms with van der Waals surface area (Å²) in [6.45, 7) is 1.81. The van der Waals surface area contributed by atoms with E-state index in [9.17, 15) is 48.1 Å². The summed E-state index contributed by atoms with van der Waals surface area (Å²) in [6, 6.07) is 12.3. The molecule has 0 aliphatic carbocycles. The molecule has 8 N–H and O–H groups in total. The predicted octanol–water partition coefficient (Wildman–Crippen LogP) is 4.61. The molecular weight excluding hydrogens is 726 g/mol. The van der Waals surface area contributed by atoms with Gasteiger partial charge in [0.15, 0.2) is 0 Å². The van der Waals surface area contributed by atoms with Crippen LogP contribution in [-0.2, 0) is 30.4 Å². The van der Waals surface area contributed by atoms with Crippen molar-refractivity contribution >= 4 is 87.5 Å². The molecule has 0 spiro atoms. The van der Waals surface area contributed by atoms with Gasteiger partial charge in [-0.15, -0.1) is 10.2 Å². The maximum Gasteiger partial charge on any atom is 0.316 e. The van der Waals surface area contributed by atoms with E-state index in [1.165, 1.54) is 18.2 Å². The van der Waals surface area contributed by atoms with Gasteiger partial charge in [0.1, 0.15) is 21.2 Å². The van der Waals surface area contributed by atoms with E-state index in [2.05, 4.69) is 41.1 Å². The van der Waals surface area contributed by atoms with Gasteiger partial charge < -0.3 is 21.7 Å². The lowest BCUT2D eigenvalue weighted by atomic mass is 10.1. The van der Waals surface area contributed by atoms with Crippen molar-refractivity contribution in [1.29, 1.82) is 0 Å². The van der Waals surface area contributed by atoms with Gasteiger partial charge in [-0.2, -0.15) is 44.6 Å². The standard InChI is InChI=1S/C27H22FN9O10S3/c1-13-4-2-3-5-18(13)32-27-34-24(28)33-26(35-27)30-15-6-7-19(31-25(29)38)20(10-15)36-37-21-12-17-14(9-23(21)50(45,46)47)8-16(48(39,40)41)11-22(17)49(42,43)44/h2-12H,1H3,(H3,29,31,38)(H,39,40,41)(H,42,43,44)(H,45,46,47)(H2,30,32,33,34,35). The molecule has 19 nitrogen and oxygen atoms in total. The number of nitrogens with two attached hydrogens (primary N) is 1. The first kappa shape index (κ1) is 35.6. The number of benzene rings is 4. The third-order valence-electron chi connectivity index (χ3n) is 6.60. The average Bonchev–Trinajstić information content (AvgIpc) is 2.99. The Morgan fingerprint density at radius 3 is 2.00 bits per heavy atom. The summed E-state index contributed by atoms with van der Waals surface area (Å²) < 4.78 is 116. The highest BCUT2D eigenvalue weighted by atomic mass is 32.2. The highest BCUT2D eigenvalue weighted by Gasteiger charge is 2.25. The minimum absolute atomic E-state index is 0.0962. The lowest BCUT2D eigenvalue weighted by Gasteiger charge is -2.12. The number of carbonyl (C=O) groups excluding carboxylic acids is 1. The van der Waals surface area contributed by atoms with Gasteiger partial charge in [-0.05, 0) is 66.4 Å². The number of nitrogens with zero attached hydrogens (tertiary/aromatic N) is 5. The van der Waals surface area contributed by atoms with Crippen LogP contribution in [0.25, 0.3) is 10.8 Å². The minimum Gasteiger partial charge on any atom is -0.351 e. The van der Waals surface area contributed by atoms with Crippen LogP contribution in [0.5, 0.6) is 0 Å². The van der Waals surface area contributed by atoms with Gasteiger partial charge in [0.25, 0.3) is 30.4 Å². The topological polar surface area (TPSA) is 306 Å². The molecule has 5 rings (SSSR count). The maximum atomic E-state index is 14.4. The van der Waals surface area contributed by atoms with Crippen LogP contribution >= 0.6 is 0 Å². The zero-order valence-electron chi connectivity index (χ0n) is 25.0. The Bertz CT molecular complexity index is 2570. The summed E-state index contributed by atoms with van der Waals surface area (Å²) in [5.41, 5.74) is 5.71. The molecule has 0 bridgehead atoms. The summed E-state index contributed by atoms with van der Waals surface area (Å²) in [5.74, 6) is -0.430.